The lowest BCUT2D eigenvalue weighted by molar-refractivity contribution is -0.116. The third-order valence-corrected chi connectivity index (χ3v) is 5.38. The highest BCUT2D eigenvalue weighted by molar-refractivity contribution is 7.20. The first-order valence-corrected chi connectivity index (χ1v) is 9.11. The van der Waals surface area contributed by atoms with E-state index in [1.54, 1.807) is 30.3 Å². The number of amides is 2. The van der Waals surface area contributed by atoms with Crippen molar-refractivity contribution in [3.05, 3.63) is 63.2 Å². The highest BCUT2D eigenvalue weighted by Gasteiger charge is 2.19. The second-order valence-electron chi connectivity index (χ2n) is 5.60. The number of nitrogens with one attached hydrogen (secondary N) is 1. The quantitative estimate of drug-likeness (QED) is 0.653. The Morgan fingerprint density at radius 1 is 1.15 bits per heavy atom. The van der Waals surface area contributed by atoms with Crippen LogP contribution < -0.4 is 5.32 Å². The molecule has 0 saturated carbocycles. The van der Waals surface area contributed by atoms with Gasteiger partial charge in [-0.05, 0) is 41.8 Å². The summed E-state index contributed by atoms with van der Waals surface area (Å²) in [6.45, 7) is -0.178. The molecule has 0 aliphatic carbocycles. The Balaban J connectivity index is 1.71. The Kier molecular flexibility index (Phi) is 5.46. The number of para-hydroxylation sites is 1. The topological polar surface area (TPSA) is 49.4 Å². The summed E-state index contributed by atoms with van der Waals surface area (Å²) in [5.74, 6) is -1.12. The fraction of sp³-hybridized carbons (Fsp3) is 0.111. The number of fused-ring (bicyclic) bond motifs is 1. The molecule has 4 nitrogen and oxygen atoms in total. The van der Waals surface area contributed by atoms with Crippen LogP contribution in [0.4, 0.5) is 10.1 Å². The molecule has 1 heterocycles. The van der Waals surface area contributed by atoms with Crippen LogP contribution in [-0.4, -0.2) is 30.3 Å². The van der Waals surface area contributed by atoms with E-state index in [2.05, 4.69) is 5.32 Å². The normalized spacial score (nSPS) is 10.8. The van der Waals surface area contributed by atoms with E-state index in [0.717, 1.165) is 4.70 Å². The summed E-state index contributed by atoms with van der Waals surface area (Å²) in [6.07, 6.45) is 0. The van der Waals surface area contributed by atoms with Crippen molar-refractivity contribution in [3.8, 4) is 0 Å². The Hall–Kier alpha value is -2.15. The average molecular weight is 411 g/mol. The molecule has 134 valence electrons. The molecule has 2 aromatic carbocycles. The van der Waals surface area contributed by atoms with Gasteiger partial charge in [0.2, 0.25) is 5.91 Å². The Morgan fingerprint density at radius 2 is 1.85 bits per heavy atom. The molecular weight excluding hydrogens is 398 g/mol. The van der Waals surface area contributed by atoms with Gasteiger partial charge in [-0.15, -0.1) is 11.3 Å². The molecule has 3 rings (SSSR count). The fourth-order valence-electron chi connectivity index (χ4n) is 2.39. The van der Waals surface area contributed by atoms with Crippen LogP contribution >= 0.6 is 34.5 Å². The Bertz CT molecular complexity index is 986. The third-order valence-electron chi connectivity index (χ3n) is 3.64. The molecule has 26 heavy (non-hydrogen) atoms. The summed E-state index contributed by atoms with van der Waals surface area (Å²) < 4.78 is 14.1. The first kappa shape index (κ1) is 18.6. The maximum absolute atomic E-state index is 13.3. The van der Waals surface area contributed by atoms with Gasteiger partial charge in [-0.2, -0.15) is 0 Å². The van der Waals surface area contributed by atoms with E-state index in [1.807, 2.05) is 0 Å². The number of likely N-dealkylation sites (N-methyl/N-ethyl adjacent to an activating group) is 1. The molecule has 0 aliphatic rings. The lowest BCUT2D eigenvalue weighted by Gasteiger charge is -2.16. The minimum absolute atomic E-state index is 0.178. The van der Waals surface area contributed by atoms with E-state index in [0.29, 0.717) is 26.0 Å². The number of hydrogen-bond acceptors (Lipinski definition) is 3. The zero-order chi connectivity index (χ0) is 18.8. The summed E-state index contributed by atoms with van der Waals surface area (Å²) >= 11 is 13.3. The fourth-order valence-corrected chi connectivity index (χ4v) is 3.92. The molecule has 0 aliphatic heterocycles. The highest BCUT2D eigenvalue weighted by Crippen LogP contribution is 2.30. The maximum atomic E-state index is 13.3. The van der Waals surface area contributed by atoms with Crippen molar-refractivity contribution in [2.45, 2.75) is 0 Å². The van der Waals surface area contributed by atoms with Gasteiger partial charge in [-0.3, -0.25) is 9.59 Å². The lowest BCUT2D eigenvalue weighted by atomic mass is 10.2. The predicted molar refractivity (Wildman–Crippen MR) is 104 cm³/mol. The van der Waals surface area contributed by atoms with E-state index in [9.17, 15) is 14.0 Å². The lowest BCUT2D eigenvalue weighted by Crippen LogP contribution is -2.34. The van der Waals surface area contributed by atoms with E-state index >= 15 is 0 Å². The van der Waals surface area contributed by atoms with E-state index in [1.165, 1.54) is 35.4 Å². The second kappa shape index (κ2) is 7.61. The molecule has 8 heteroatoms. The highest BCUT2D eigenvalue weighted by atomic mass is 35.5. The number of carbonyl (C=O) groups is 2. The number of thiophene rings is 1. The van der Waals surface area contributed by atoms with Crippen molar-refractivity contribution in [2.75, 3.05) is 18.9 Å². The Morgan fingerprint density at radius 3 is 2.54 bits per heavy atom. The van der Waals surface area contributed by atoms with Crippen molar-refractivity contribution >= 4 is 62.1 Å². The van der Waals surface area contributed by atoms with Gasteiger partial charge in [0.1, 0.15) is 5.82 Å². The molecular formula is C18H13Cl2FN2O2S. The van der Waals surface area contributed by atoms with Crippen molar-refractivity contribution in [2.24, 2.45) is 0 Å². The SMILES string of the molecule is CN(CC(=O)Nc1c(Cl)cccc1Cl)C(=O)c1cc2cc(F)ccc2s1. The number of benzene rings is 2. The van der Waals surface area contributed by atoms with Crippen LogP contribution in [0.3, 0.4) is 0 Å². The van der Waals surface area contributed by atoms with Gasteiger partial charge in [0, 0.05) is 11.7 Å². The van der Waals surface area contributed by atoms with Crippen molar-refractivity contribution in [1.82, 2.24) is 4.90 Å². The summed E-state index contributed by atoms with van der Waals surface area (Å²) in [5.41, 5.74) is 0.305. The van der Waals surface area contributed by atoms with Gasteiger partial charge < -0.3 is 10.2 Å². The summed E-state index contributed by atoms with van der Waals surface area (Å²) in [4.78, 5) is 26.4. The van der Waals surface area contributed by atoms with E-state index < -0.39 is 5.91 Å². The summed E-state index contributed by atoms with van der Waals surface area (Å²) in [7, 11) is 1.51. The predicted octanol–water partition coefficient (Wildman–Crippen LogP) is 5.06. The molecule has 1 N–H and O–H groups in total. The smallest absolute Gasteiger partial charge is 0.264 e. The van der Waals surface area contributed by atoms with Crippen LogP contribution in [-0.2, 0) is 4.79 Å². The van der Waals surface area contributed by atoms with Crippen LogP contribution in [0.25, 0.3) is 10.1 Å². The zero-order valence-corrected chi connectivity index (χ0v) is 15.9. The standard InChI is InChI=1S/C18H13Cl2FN2O2S/c1-23(9-16(24)22-17-12(19)3-2-4-13(17)20)18(25)15-8-10-7-11(21)5-6-14(10)26-15/h2-8H,9H2,1H3,(H,22,24). The van der Waals surface area contributed by atoms with Gasteiger partial charge >= 0.3 is 0 Å². The number of rotatable bonds is 4. The zero-order valence-electron chi connectivity index (χ0n) is 13.6. The van der Waals surface area contributed by atoms with Crippen LogP contribution in [0.2, 0.25) is 10.0 Å². The molecule has 0 unspecified atom stereocenters. The first-order valence-electron chi connectivity index (χ1n) is 7.53. The Labute approximate surface area is 163 Å². The molecule has 0 atom stereocenters. The van der Waals surface area contributed by atoms with Gasteiger partial charge in [0.25, 0.3) is 5.91 Å². The molecule has 0 bridgehead atoms. The maximum Gasteiger partial charge on any atom is 0.264 e. The molecule has 0 fully saturated rings. The first-order chi connectivity index (χ1) is 12.3. The molecule has 3 aromatic rings. The van der Waals surface area contributed by atoms with Gasteiger partial charge in [0.15, 0.2) is 0 Å². The summed E-state index contributed by atoms with van der Waals surface area (Å²) in [5, 5.41) is 3.88. The van der Waals surface area contributed by atoms with Crippen molar-refractivity contribution < 1.29 is 14.0 Å². The van der Waals surface area contributed by atoms with Gasteiger partial charge in [-0.25, -0.2) is 4.39 Å². The molecule has 1 aromatic heterocycles. The van der Waals surface area contributed by atoms with E-state index in [-0.39, 0.29) is 18.3 Å². The molecule has 0 saturated heterocycles. The summed E-state index contributed by atoms with van der Waals surface area (Å²) in [6, 6.07) is 10.8. The monoisotopic (exact) mass is 410 g/mol. The average Bonchev–Trinajstić information content (AvgIpc) is 3.00. The number of anilines is 1. The molecule has 0 spiro atoms. The van der Waals surface area contributed by atoms with Crippen molar-refractivity contribution in [3.63, 3.8) is 0 Å². The minimum atomic E-state index is -0.428. The number of nitrogens with zero attached hydrogens (tertiary/aromatic N) is 1. The van der Waals surface area contributed by atoms with E-state index in [4.69, 9.17) is 23.2 Å². The number of hydrogen-bond donors (Lipinski definition) is 1. The van der Waals surface area contributed by atoms with Crippen LogP contribution in [0, 0.1) is 5.82 Å². The number of carbonyl (C=O) groups excluding carboxylic acids is 2. The molecule has 0 radical (unpaired) electrons. The third kappa shape index (κ3) is 3.98. The van der Waals surface area contributed by atoms with Crippen molar-refractivity contribution in [1.29, 1.82) is 0 Å². The van der Waals surface area contributed by atoms with Crippen LogP contribution in [0.5, 0.6) is 0 Å². The molecule has 2 amide bonds. The number of halogens is 3. The second-order valence-corrected chi connectivity index (χ2v) is 7.50. The van der Waals surface area contributed by atoms with Crippen LogP contribution in [0.1, 0.15) is 9.67 Å². The largest absolute Gasteiger partial charge is 0.332 e. The van der Waals surface area contributed by atoms with Gasteiger partial charge in [-0.1, -0.05) is 29.3 Å². The minimum Gasteiger partial charge on any atom is -0.332 e. The van der Waals surface area contributed by atoms with Gasteiger partial charge in [0.05, 0.1) is 27.2 Å². The van der Waals surface area contributed by atoms with Crippen LogP contribution in [0.15, 0.2) is 42.5 Å².